The summed E-state index contributed by atoms with van der Waals surface area (Å²) < 4.78 is 1.94. The van der Waals surface area contributed by atoms with Crippen LogP contribution in [0.1, 0.15) is 23.0 Å². The number of pyridine rings is 1. The van der Waals surface area contributed by atoms with E-state index in [9.17, 15) is 0 Å². The van der Waals surface area contributed by atoms with Crippen molar-refractivity contribution in [1.82, 2.24) is 30.0 Å². The SMILES string of the molecule is c1ccc(-n2cc(C3NCCc4[nH]cnc43)c(-c3ccncc3)n2)cc1. The summed E-state index contributed by atoms with van der Waals surface area (Å²) in [6, 6.07) is 14.2. The fraction of sp³-hybridized carbons (Fsp3) is 0.150. The third-order valence-electron chi connectivity index (χ3n) is 4.78. The fourth-order valence-electron chi connectivity index (χ4n) is 3.52. The maximum atomic E-state index is 4.89. The summed E-state index contributed by atoms with van der Waals surface area (Å²) in [5, 5.41) is 8.50. The van der Waals surface area contributed by atoms with E-state index in [1.165, 1.54) is 5.69 Å². The van der Waals surface area contributed by atoms with Crippen LogP contribution in [0.25, 0.3) is 16.9 Å². The minimum Gasteiger partial charge on any atom is -0.348 e. The second-order valence-corrected chi connectivity index (χ2v) is 6.35. The van der Waals surface area contributed by atoms with Crippen LogP contribution in [0.3, 0.4) is 0 Å². The molecule has 0 radical (unpaired) electrons. The van der Waals surface area contributed by atoms with Gasteiger partial charge in [0.1, 0.15) is 0 Å². The molecule has 0 spiro atoms. The first-order valence-electron chi connectivity index (χ1n) is 8.71. The smallest absolute Gasteiger partial charge is 0.0980 e. The maximum absolute atomic E-state index is 4.89. The first-order chi connectivity index (χ1) is 12.9. The van der Waals surface area contributed by atoms with Gasteiger partial charge in [-0.15, -0.1) is 0 Å². The van der Waals surface area contributed by atoms with Crippen molar-refractivity contribution in [3.63, 3.8) is 0 Å². The molecule has 4 aromatic rings. The summed E-state index contributed by atoms with van der Waals surface area (Å²) >= 11 is 0. The van der Waals surface area contributed by atoms with Gasteiger partial charge in [0.15, 0.2) is 0 Å². The normalized spacial score (nSPS) is 16.4. The van der Waals surface area contributed by atoms with Crippen molar-refractivity contribution in [2.75, 3.05) is 6.54 Å². The number of aromatic nitrogens is 5. The molecule has 26 heavy (non-hydrogen) atoms. The average molecular weight is 342 g/mol. The van der Waals surface area contributed by atoms with Crippen LogP contribution in [0.15, 0.2) is 67.4 Å². The Balaban J connectivity index is 1.68. The third-order valence-corrected chi connectivity index (χ3v) is 4.78. The molecule has 0 amide bonds. The number of hydrogen-bond donors (Lipinski definition) is 2. The number of imidazole rings is 1. The summed E-state index contributed by atoms with van der Waals surface area (Å²) in [7, 11) is 0. The van der Waals surface area contributed by atoms with E-state index in [-0.39, 0.29) is 6.04 Å². The van der Waals surface area contributed by atoms with E-state index in [4.69, 9.17) is 5.10 Å². The molecule has 5 rings (SSSR count). The molecule has 1 aromatic carbocycles. The molecule has 0 saturated heterocycles. The topological polar surface area (TPSA) is 71.4 Å². The van der Waals surface area contributed by atoms with E-state index < -0.39 is 0 Å². The monoisotopic (exact) mass is 342 g/mol. The zero-order valence-electron chi connectivity index (χ0n) is 14.1. The summed E-state index contributed by atoms with van der Waals surface area (Å²) in [6.45, 7) is 0.909. The molecule has 1 atom stereocenters. The van der Waals surface area contributed by atoms with Gasteiger partial charge in [0.05, 0.1) is 29.4 Å². The molecule has 0 fully saturated rings. The van der Waals surface area contributed by atoms with Crippen LogP contribution in [0.4, 0.5) is 0 Å². The lowest BCUT2D eigenvalue weighted by molar-refractivity contribution is 0.554. The third kappa shape index (κ3) is 2.51. The molecule has 0 saturated carbocycles. The molecule has 1 aliphatic heterocycles. The number of H-pyrrole nitrogens is 1. The molecular weight excluding hydrogens is 324 g/mol. The van der Waals surface area contributed by atoms with Gasteiger partial charge in [-0.1, -0.05) is 18.2 Å². The van der Waals surface area contributed by atoms with E-state index in [0.717, 1.165) is 41.2 Å². The van der Waals surface area contributed by atoms with Gasteiger partial charge in [-0.3, -0.25) is 4.98 Å². The first kappa shape index (κ1) is 15.0. The zero-order chi connectivity index (χ0) is 17.3. The molecule has 6 heteroatoms. The van der Waals surface area contributed by atoms with Crippen LogP contribution in [-0.2, 0) is 6.42 Å². The van der Waals surface area contributed by atoms with Gasteiger partial charge in [-0.2, -0.15) is 5.10 Å². The second-order valence-electron chi connectivity index (χ2n) is 6.35. The van der Waals surface area contributed by atoms with Gasteiger partial charge in [0, 0.05) is 48.4 Å². The summed E-state index contributed by atoms with van der Waals surface area (Å²) in [5.74, 6) is 0. The van der Waals surface area contributed by atoms with Gasteiger partial charge in [0.25, 0.3) is 0 Å². The van der Waals surface area contributed by atoms with Gasteiger partial charge < -0.3 is 10.3 Å². The Morgan fingerprint density at radius 1 is 1.04 bits per heavy atom. The van der Waals surface area contributed by atoms with Crippen molar-refractivity contribution >= 4 is 0 Å². The molecule has 6 nitrogen and oxygen atoms in total. The first-order valence-corrected chi connectivity index (χ1v) is 8.71. The standard InChI is InChI=1S/C20H18N6/c1-2-4-15(5-3-1)26-12-16(18(25-26)14-6-9-21-10-7-14)19-20-17(8-11-22-19)23-13-24-20/h1-7,9-10,12-13,19,22H,8,11H2,(H,23,24). The average Bonchev–Trinajstić information content (AvgIpc) is 3.36. The van der Waals surface area contributed by atoms with Crippen molar-refractivity contribution in [3.8, 4) is 16.9 Å². The Bertz CT molecular complexity index is 1020. The lowest BCUT2D eigenvalue weighted by atomic mass is 9.96. The highest BCUT2D eigenvalue weighted by molar-refractivity contribution is 5.64. The van der Waals surface area contributed by atoms with Crippen LogP contribution in [0.5, 0.6) is 0 Å². The highest BCUT2D eigenvalue weighted by Gasteiger charge is 2.28. The maximum Gasteiger partial charge on any atom is 0.0980 e. The molecule has 3 aromatic heterocycles. The molecule has 1 unspecified atom stereocenters. The van der Waals surface area contributed by atoms with Crippen molar-refractivity contribution in [1.29, 1.82) is 0 Å². The second kappa shape index (κ2) is 6.24. The van der Waals surface area contributed by atoms with E-state index in [2.05, 4.69) is 38.6 Å². The molecule has 1 aliphatic rings. The Kier molecular flexibility index (Phi) is 3.61. The van der Waals surface area contributed by atoms with Crippen LogP contribution in [-0.4, -0.2) is 31.3 Å². The quantitative estimate of drug-likeness (QED) is 0.600. The summed E-state index contributed by atoms with van der Waals surface area (Å²) in [5.41, 5.74) is 6.40. The number of rotatable bonds is 3. The zero-order valence-corrected chi connectivity index (χ0v) is 14.1. The van der Waals surface area contributed by atoms with Gasteiger partial charge in [-0.05, 0) is 24.3 Å². The van der Waals surface area contributed by atoms with Crippen LogP contribution < -0.4 is 5.32 Å². The van der Waals surface area contributed by atoms with Crippen molar-refractivity contribution in [2.24, 2.45) is 0 Å². The van der Waals surface area contributed by atoms with Crippen molar-refractivity contribution < 1.29 is 0 Å². The van der Waals surface area contributed by atoms with Gasteiger partial charge in [-0.25, -0.2) is 9.67 Å². The molecule has 0 bridgehead atoms. The number of nitrogens with zero attached hydrogens (tertiary/aromatic N) is 4. The predicted molar refractivity (Wildman–Crippen MR) is 98.9 cm³/mol. The van der Waals surface area contributed by atoms with Gasteiger partial charge >= 0.3 is 0 Å². The Labute approximate surface area is 150 Å². The highest BCUT2D eigenvalue weighted by Crippen LogP contribution is 2.33. The number of para-hydroxylation sites is 1. The number of aromatic amines is 1. The highest BCUT2D eigenvalue weighted by atomic mass is 15.3. The minimum absolute atomic E-state index is 0.0191. The number of nitrogens with one attached hydrogen (secondary N) is 2. The molecule has 4 heterocycles. The van der Waals surface area contributed by atoms with Gasteiger partial charge in [0.2, 0.25) is 0 Å². The van der Waals surface area contributed by atoms with E-state index in [1.54, 1.807) is 18.7 Å². The lowest BCUT2D eigenvalue weighted by Gasteiger charge is -2.23. The van der Waals surface area contributed by atoms with Crippen LogP contribution >= 0.6 is 0 Å². The molecule has 0 aliphatic carbocycles. The van der Waals surface area contributed by atoms with Crippen LogP contribution in [0, 0.1) is 0 Å². The number of fused-ring (bicyclic) bond motifs is 1. The number of hydrogen-bond acceptors (Lipinski definition) is 4. The molecule has 2 N–H and O–H groups in total. The van der Waals surface area contributed by atoms with E-state index in [0.29, 0.717) is 0 Å². The largest absolute Gasteiger partial charge is 0.348 e. The Morgan fingerprint density at radius 3 is 2.73 bits per heavy atom. The summed E-state index contributed by atoms with van der Waals surface area (Å²) in [6.07, 6.45) is 8.44. The lowest BCUT2D eigenvalue weighted by Crippen LogP contribution is -2.30. The predicted octanol–water partition coefficient (Wildman–Crippen LogP) is 2.89. The minimum atomic E-state index is 0.0191. The summed E-state index contributed by atoms with van der Waals surface area (Å²) in [4.78, 5) is 12.0. The number of benzene rings is 1. The fourth-order valence-corrected chi connectivity index (χ4v) is 3.52. The van der Waals surface area contributed by atoms with Crippen molar-refractivity contribution in [2.45, 2.75) is 12.5 Å². The van der Waals surface area contributed by atoms with Crippen LogP contribution in [0.2, 0.25) is 0 Å². The Hall–Kier alpha value is -3.25. The van der Waals surface area contributed by atoms with E-state index >= 15 is 0 Å². The Morgan fingerprint density at radius 2 is 1.88 bits per heavy atom. The van der Waals surface area contributed by atoms with E-state index in [1.807, 2.05) is 35.0 Å². The molecule has 128 valence electrons. The molecular formula is C20H18N6. The van der Waals surface area contributed by atoms with Crippen molar-refractivity contribution in [3.05, 3.63) is 84.3 Å².